The van der Waals surface area contributed by atoms with Crippen LogP contribution in [-0.4, -0.2) is 33.9 Å². The highest BCUT2D eigenvalue weighted by molar-refractivity contribution is 5.94. The summed E-state index contributed by atoms with van der Waals surface area (Å²) in [7, 11) is 1.55. The van der Waals surface area contributed by atoms with Crippen molar-refractivity contribution in [1.29, 1.82) is 0 Å². The summed E-state index contributed by atoms with van der Waals surface area (Å²) in [5.74, 6) is 1.20. The molecule has 1 saturated carbocycles. The molecule has 1 fully saturated rings. The number of hydrogen-bond donors (Lipinski definition) is 2. The molecular formula is C21H25N5O2. The molecular weight excluding hydrogens is 354 g/mol. The monoisotopic (exact) mass is 379 g/mol. The van der Waals surface area contributed by atoms with E-state index in [9.17, 15) is 4.79 Å². The fourth-order valence-corrected chi connectivity index (χ4v) is 3.33. The number of pyridine rings is 2. The molecule has 3 aromatic rings. The summed E-state index contributed by atoms with van der Waals surface area (Å²) in [6.07, 6.45) is 11.2. The first-order valence-corrected chi connectivity index (χ1v) is 9.66. The SMILES string of the molecule is COc1cncc(C(=O)NCc2cn3cc(CNCC4CCC4)ccc3n2)c1. The summed E-state index contributed by atoms with van der Waals surface area (Å²) in [5, 5.41) is 6.41. The Morgan fingerprint density at radius 3 is 2.93 bits per heavy atom. The molecule has 3 aromatic heterocycles. The lowest BCUT2D eigenvalue weighted by Gasteiger charge is -2.25. The van der Waals surface area contributed by atoms with Crippen molar-refractivity contribution in [3.8, 4) is 5.75 Å². The molecule has 0 aromatic carbocycles. The fourth-order valence-electron chi connectivity index (χ4n) is 3.33. The molecule has 1 aliphatic carbocycles. The maximum Gasteiger partial charge on any atom is 0.253 e. The van der Waals surface area contributed by atoms with Crippen LogP contribution in [0.4, 0.5) is 0 Å². The van der Waals surface area contributed by atoms with Gasteiger partial charge in [-0.1, -0.05) is 12.5 Å². The topological polar surface area (TPSA) is 80.5 Å². The van der Waals surface area contributed by atoms with E-state index in [-0.39, 0.29) is 5.91 Å². The number of imidazole rings is 1. The molecule has 0 aliphatic heterocycles. The van der Waals surface area contributed by atoms with Crippen molar-refractivity contribution in [2.24, 2.45) is 5.92 Å². The van der Waals surface area contributed by atoms with Crippen LogP contribution >= 0.6 is 0 Å². The summed E-state index contributed by atoms with van der Waals surface area (Å²) < 4.78 is 7.11. The minimum atomic E-state index is -0.204. The van der Waals surface area contributed by atoms with Crippen LogP contribution in [-0.2, 0) is 13.1 Å². The Morgan fingerprint density at radius 1 is 1.25 bits per heavy atom. The zero-order chi connectivity index (χ0) is 19.3. The van der Waals surface area contributed by atoms with Crippen LogP contribution < -0.4 is 15.4 Å². The molecule has 3 heterocycles. The molecule has 7 nitrogen and oxygen atoms in total. The molecule has 1 aliphatic rings. The van der Waals surface area contributed by atoms with Crippen LogP contribution in [0.15, 0.2) is 43.0 Å². The number of fused-ring (bicyclic) bond motifs is 1. The van der Waals surface area contributed by atoms with Gasteiger partial charge in [0.25, 0.3) is 5.91 Å². The zero-order valence-electron chi connectivity index (χ0n) is 16.0. The van der Waals surface area contributed by atoms with Gasteiger partial charge in [0.15, 0.2) is 0 Å². The third-order valence-electron chi connectivity index (χ3n) is 5.19. The number of nitrogens with one attached hydrogen (secondary N) is 2. The third kappa shape index (κ3) is 4.31. The molecule has 0 unspecified atom stereocenters. The normalized spacial score (nSPS) is 14.0. The van der Waals surface area contributed by atoms with E-state index in [1.165, 1.54) is 31.0 Å². The van der Waals surface area contributed by atoms with E-state index < -0.39 is 0 Å². The summed E-state index contributed by atoms with van der Waals surface area (Å²) in [6, 6.07) is 5.77. The first-order valence-electron chi connectivity index (χ1n) is 9.66. The maximum atomic E-state index is 12.3. The maximum absolute atomic E-state index is 12.3. The smallest absolute Gasteiger partial charge is 0.253 e. The number of rotatable bonds is 8. The van der Waals surface area contributed by atoms with Gasteiger partial charge >= 0.3 is 0 Å². The Labute approximate surface area is 164 Å². The molecule has 0 bridgehead atoms. The van der Waals surface area contributed by atoms with Gasteiger partial charge in [-0.15, -0.1) is 0 Å². The molecule has 146 valence electrons. The minimum absolute atomic E-state index is 0.204. The highest BCUT2D eigenvalue weighted by Gasteiger charge is 2.16. The molecule has 28 heavy (non-hydrogen) atoms. The Bertz CT molecular complexity index is 964. The number of hydrogen-bond acceptors (Lipinski definition) is 5. The highest BCUT2D eigenvalue weighted by atomic mass is 16.5. The van der Waals surface area contributed by atoms with Crippen LogP contribution in [0.3, 0.4) is 0 Å². The number of carbonyl (C=O) groups excluding carboxylic acids is 1. The van der Waals surface area contributed by atoms with Crippen molar-refractivity contribution in [2.75, 3.05) is 13.7 Å². The van der Waals surface area contributed by atoms with Crippen molar-refractivity contribution in [3.63, 3.8) is 0 Å². The largest absolute Gasteiger partial charge is 0.495 e. The minimum Gasteiger partial charge on any atom is -0.495 e. The van der Waals surface area contributed by atoms with Gasteiger partial charge in [0.2, 0.25) is 0 Å². The molecule has 0 radical (unpaired) electrons. The third-order valence-corrected chi connectivity index (χ3v) is 5.19. The molecule has 4 rings (SSSR count). The summed E-state index contributed by atoms with van der Waals surface area (Å²) in [4.78, 5) is 20.9. The summed E-state index contributed by atoms with van der Waals surface area (Å²) >= 11 is 0. The number of ether oxygens (including phenoxy) is 1. The lowest BCUT2D eigenvalue weighted by Crippen LogP contribution is -2.26. The van der Waals surface area contributed by atoms with Gasteiger partial charge < -0.3 is 19.8 Å². The van der Waals surface area contributed by atoms with Gasteiger partial charge in [0, 0.05) is 25.1 Å². The first kappa shape index (κ1) is 18.4. The van der Waals surface area contributed by atoms with Crippen LogP contribution in [0.1, 0.15) is 40.9 Å². The second-order valence-corrected chi connectivity index (χ2v) is 7.26. The van der Waals surface area contributed by atoms with Crippen molar-refractivity contribution in [2.45, 2.75) is 32.4 Å². The van der Waals surface area contributed by atoms with Crippen molar-refractivity contribution >= 4 is 11.6 Å². The van der Waals surface area contributed by atoms with E-state index in [1.54, 1.807) is 19.4 Å². The molecule has 0 spiro atoms. The predicted octanol–water partition coefficient (Wildman–Crippen LogP) is 2.56. The number of carbonyl (C=O) groups is 1. The van der Waals surface area contributed by atoms with Crippen molar-refractivity contribution < 1.29 is 9.53 Å². The summed E-state index contributed by atoms with van der Waals surface area (Å²) in [6.45, 7) is 2.31. The van der Waals surface area contributed by atoms with E-state index in [4.69, 9.17) is 4.74 Å². The van der Waals surface area contributed by atoms with E-state index in [0.717, 1.165) is 30.3 Å². The predicted molar refractivity (Wildman–Crippen MR) is 106 cm³/mol. The van der Waals surface area contributed by atoms with E-state index in [0.29, 0.717) is 17.9 Å². The Hall–Kier alpha value is -2.93. The lowest BCUT2D eigenvalue weighted by atomic mass is 9.85. The van der Waals surface area contributed by atoms with E-state index in [1.807, 2.05) is 16.7 Å². The van der Waals surface area contributed by atoms with Gasteiger partial charge in [-0.25, -0.2) is 4.98 Å². The molecule has 0 atom stereocenters. The molecule has 0 saturated heterocycles. The average molecular weight is 379 g/mol. The number of methoxy groups -OCH3 is 1. The Balaban J connectivity index is 1.35. The van der Waals surface area contributed by atoms with Gasteiger partial charge in [0.05, 0.1) is 31.1 Å². The van der Waals surface area contributed by atoms with Crippen molar-refractivity contribution in [1.82, 2.24) is 25.0 Å². The van der Waals surface area contributed by atoms with Crippen LogP contribution in [0, 0.1) is 5.92 Å². The van der Waals surface area contributed by atoms with E-state index >= 15 is 0 Å². The van der Waals surface area contributed by atoms with E-state index in [2.05, 4.69) is 32.9 Å². The van der Waals surface area contributed by atoms with Gasteiger partial charge in [-0.2, -0.15) is 0 Å². The number of aromatic nitrogens is 3. The highest BCUT2D eigenvalue weighted by Crippen LogP contribution is 2.25. The molecule has 7 heteroatoms. The van der Waals surface area contributed by atoms with Crippen molar-refractivity contribution in [3.05, 3.63) is 59.8 Å². The average Bonchev–Trinajstić information content (AvgIpc) is 3.10. The molecule has 1 amide bonds. The molecule has 2 N–H and O–H groups in total. The van der Waals surface area contributed by atoms with Gasteiger partial charge in [-0.05, 0) is 43.0 Å². The van der Waals surface area contributed by atoms with Gasteiger partial charge in [0.1, 0.15) is 11.4 Å². The van der Waals surface area contributed by atoms with Gasteiger partial charge in [-0.3, -0.25) is 9.78 Å². The number of amides is 1. The first-order chi connectivity index (χ1) is 13.7. The fraction of sp³-hybridized carbons (Fsp3) is 0.381. The Kier molecular flexibility index (Phi) is 5.53. The Morgan fingerprint density at radius 2 is 2.14 bits per heavy atom. The standard InChI is InChI=1S/C21H25N5O2/c1-28-19-7-17(10-23-12-19)21(27)24-11-18-14-26-13-16(5-6-20(26)25-18)9-22-8-15-3-2-4-15/h5-7,10,12-15,22H,2-4,8-9,11H2,1H3,(H,24,27). The lowest BCUT2D eigenvalue weighted by molar-refractivity contribution is 0.0949. The summed E-state index contributed by atoms with van der Waals surface area (Å²) in [5.41, 5.74) is 3.36. The zero-order valence-corrected chi connectivity index (χ0v) is 16.0. The van der Waals surface area contributed by atoms with Crippen LogP contribution in [0.25, 0.3) is 5.65 Å². The van der Waals surface area contributed by atoms with Crippen LogP contribution in [0.2, 0.25) is 0 Å². The van der Waals surface area contributed by atoms with Crippen LogP contribution in [0.5, 0.6) is 5.75 Å². The second kappa shape index (κ2) is 8.39. The number of nitrogens with zero attached hydrogens (tertiary/aromatic N) is 3. The second-order valence-electron chi connectivity index (χ2n) is 7.26. The quantitative estimate of drug-likeness (QED) is 0.629.